The van der Waals surface area contributed by atoms with E-state index in [0.29, 0.717) is 52.0 Å². The van der Waals surface area contributed by atoms with Crippen LogP contribution in [0.4, 0.5) is 9.52 Å². The third kappa shape index (κ3) is 4.51. The van der Waals surface area contributed by atoms with Gasteiger partial charge >= 0.3 is 5.91 Å². The summed E-state index contributed by atoms with van der Waals surface area (Å²) in [7, 11) is 0. The van der Waals surface area contributed by atoms with E-state index in [9.17, 15) is 19.1 Å². The number of fused-ring (bicyclic) bond motifs is 2. The van der Waals surface area contributed by atoms with Crippen LogP contribution in [0.15, 0.2) is 96.6 Å². The molecule has 1 aromatic heterocycles. The quantitative estimate of drug-likeness (QED) is 0.142. The van der Waals surface area contributed by atoms with E-state index in [1.54, 1.807) is 54.6 Å². The summed E-state index contributed by atoms with van der Waals surface area (Å²) in [6, 6.07) is 24.0. The van der Waals surface area contributed by atoms with Gasteiger partial charge in [-0.15, -0.1) is 0 Å². The molecule has 0 aliphatic carbocycles. The number of ketones is 1. The third-order valence-electron chi connectivity index (χ3n) is 6.96. The molecule has 3 heterocycles. The normalized spacial score (nSPS) is 17.5. The molecule has 208 valence electrons. The molecule has 0 saturated carbocycles. The number of hydrogen-bond donors (Lipinski definition) is 1. The Hall–Kier alpha value is -5.22. The number of aliphatic hydroxyl groups is 1. The summed E-state index contributed by atoms with van der Waals surface area (Å²) >= 11 is 1.08. The van der Waals surface area contributed by atoms with E-state index >= 15 is 0 Å². The van der Waals surface area contributed by atoms with E-state index in [2.05, 4.69) is 4.98 Å². The van der Waals surface area contributed by atoms with Gasteiger partial charge in [-0.3, -0.25) is 14.5 Å². The number of nitrogens with zero attached hydrogens (tertiary/aromatic N) is 2. The van der Waals surface area contributed by atoms with Crippen molar-refractivity contribution in [2.75, 3.05) is 18.1 Å². The van der Waals surface area contributed by atoms with Gasteiger partial charge in [0.15, 0.2) is 16.6 Å². The number of Topliss-reactive ketones (excluding diaryl/α,β-unsaturated/α-hetero) is 1. The van der Waals surface area contributed by atoms with Crippen LogP contribution in [0.3, 0.4) is 0 Å². The number of amides is 1. The first-order valence-corrected chi connectivity index (χ1v) is 13.9. The number of rotatable bonds is 5. The van der Waals surface area contributed by atoms with Gasteiger partial charge < -0.3 is 19.3 Å². The molecule has 0 spiro atoms. The van der Waals surface area contributed by atoms with E-state index in [4.69, 9.17) is 14.2 Å². The molecule has 8 nitrogen and oxygen atoms in total. The number of para-hydroxylation sites is 1. The second kappa shape index (κ2) is 10.3. The van der Waals surface area contributed by atoms with Crippen LogP contribution in [0.2, 0.25) is 0 Å². The molecule has 0 radical (unpaired) electrons. The maximum Gasteiger partial charge on any atom is 0.301 e. The van der Waals surface area contributed by atoms with Gasteiger partial charge in [0.25, 0.3) is 5.78 Å². The molecule has 4 aromatic carbocycles. The van der Waals surface area contributed by atoms with E-state index in [-0.39, 0.29) is 22.0 Å². The van der Waals surface area contributed by atoms with Crippen molar-refractivity contribution in [3.63, 3.8) is 0 Å². The molecule has 0 bridgehead atoms. The first-order valence-electron chi connectivity index (χ1n) is 13.1. The number of aromatic nitrogens is 1. The summed E-state index contributed by atoms with van der Waals surface area (Å²) < 4.78 is 31.8. The molecular formula is C32H21FN2O6S. The van der Waals surface area contributed by atoms with E-state index in [1.165, 1.54) is 23.1 Å². The van der Waals surface area contributed by atoms with Crippen molar-refractivity contribution in [1.82, 2.24) is 4.98 Å². The number of thiazole rings is 1. The number of benzene rings is 4. The SMILES string of the molecule is O=C1C(=O)N(c2nc3ccc(F)cc3s2)C(c2cccc(Oc3ccccc3)c2)C1=C(O)c1ccc2c(c1)OCCO2. The van der Waals surface area contributed by atoms with Crippen LogP contribution in [-0.2, 0) is 9.59 Å². The fraction of sp³-hybridized carbons (Fsp3) is 0.0938. The average Bonchev–Trinajstić information content (AvgIpc) is 3.54. The number of carbonyl (C=O) groups excluding carboxylic acids is 2. The predicted octanol–water partition coefficient (Wildman–Crippen LogP) is 6.63. The van der Waals surface area contributed by atoms with Gasteiger partial charge in [-0.1, -0.05) is 41.7 Å². The zero-order valence-electron chi connectivity index (χ0n) is 21.8. The Morgan fingerprint density at radius 1 is 0.905 bits per heavy atom. The Kier molecular flexibility index (Phi) is 6.32. The van der Waals surface area contributed by atoms with Crippen LogP contribution in [0, 0.1) is 5.82 Å². The molecule has 10 heteroatoms. The molecule has 1 fully saturated rings. The van der Waals surface area contributed by atoms with Crippen LogP contribution < -0.4 is 19.1 Å². The lowest BCUT2D eigenvalue weighted by Crippen LogP contribution is -2.29. The third-order valence-corrected chi connectivity index (χ3v) is 7.98. The fourth-order valence-corrected chi connectivity index (χ4v) is 6.07. The molecule has 5 aromatic rings. The second-order valence-electron chi connectivity index (χ2n) is 9.62. The zero-order valence-corrected chi connectivity index (χ0v) is 22.6. The minimum absolute atomic E-state index is 0.126. The topological polar surface area (TPSA) is 98.2 Å². The van der Waals surface area contributed by atoms with E-state index < -0.39 is 23.5 Å². The molecule has 1 unspecified atom stereocenters. The van der Waals surface area contributed by atoms with Gasteiger partial charge in [-0.25, -0.2) is 9.37 Å². The van der Waals surface area contributed by atoms with Crippen LogP contribution in [0.5, 0.6) is 23.0 Å². The minimum atomic E-state index is -1.05. The Morgan fingerprint density at radius 3 is 2.52 bits per heavy atom. The van der Waals surface area contributed by atoms with Gasteiger partial charge in [0.05, 0.1) is 21.8 Å². The summed E-state index contributed by atoms with van der Waals surface area (Å²) in [5, 5.41) is 11.8. The Bertz CT molecular complexity index is 1900. The Labute approximate surface area is 242 Å². The standard InChI is InChI=1S/C32H21FN2O6S/c33-20-10-11-23-26(17-20)42-32(34-23)35-28(18-5-4-8-22(15-18)41-21-6-2-1-3-7-21)27(30(37)31(35)38)29(36)19-9-12-24-25(16-19)40-14-13-39-24/h1-12,15-17,28,36H,13-14H2. The molecule has 2 aliphatic rings. The summed E-state index contributed by atoms with van der Waals surface area (Å²) in [4.78, 5) is 33.1. The van der Waals surface area contributed by atoms with E-state index in [1.807, 2.05) is 18.2 Å². The molecule has 1 amide bonds. The minimum Gasteiger partial charge on any atom is -0.507 e. The van der Waals surface area contributed by atoms with Crippen molar-refractivity contribution in [1.29, 1.82) is 0 Å². The summed E-state index contributed by atoms with van der Waals surface area (Å²) in [6.45, 7) is 0.741. The zero-order chi connectivity index (χ0) is 28.8. The van der Waals surface area contributed by atoms with Crippen molar-refractivity contribution in [2.24, 2.45) is 0 Å². The van der Waals surface area contributed by atoms with Gasteiger partial charge in [-0.05, 0) is 66.2 Å². The highest BCUT2D eigenvalue weighted by Crippen LogP contribution is 2.45. The van der Waals surface area contributed by atoms with Crippen molar-refractivity contribution in [3.8, 4) is 23.0 Å². The molecule has 1 atom stereocenters. The van der Waals surface area contributed by atoms with Crippen LogP contribution in [0.1, 0.15) is 17.2 Å². The predicted molar refractivity (Wildman–Crippen MR) is 155 cm³/mol. The highest BCUT2D eigenvalue weighted by molar-refractivity contribution is 7.22. The molecule has 1 saturated heterocycles. The fourth-order valence-electron chi connectivity index (χ4n) is 5.05. The number of aliphatic hydroxyl groups excluding tert-OH is 1. The summed E-state index contributed by atoms with van der Waals surface area (Å²) in [5.41, 5.74) is 1.14. The van der Waals surface area contributed by atoms with Crippen LogP contribution in [0.25, 0.3) is 16.0 Å². The van der Waals surface area contributed by atoms with Crippen molar-refractivity contribution < 1.29 is 33.3 Å². The van der Waals surface area contributed by atoms with Crippen LogP contribution in [-0.4, -0.2) is 35.0 Å². The van der Waals surface area contributed by atoms with Crippen molar-refractivity contribution in [2.45, 2.75) is 6.04 Å². The molecule has 42 heavy (non-hydrogen) atoms. The largest absolute Gasteiger partial charge is 0.507 e. The number of anilines is 1. The molecular weight excluding hydrogens is 559 g/mol. The lowest BCUT2D eigenvalue weighted by Gasteiger charge is -2.23. The van der Waals surface area contributed by atoms with Crippen molar-refractivity contribution >= 4 is 44.1 Å². The van der Waals surface area contributed by atoms with Gasteiger partial charge in [0.1, 0.15) is 36.3 Å². The summed E-state index contributed by atoms with van der Waals surface area (Å²) in [6.07, 6.45) is 0. The number of ether oxygens (including phenoxy) is 3. The Balaban J connectivity index is 1.39. The van der Waals surface area contributed by atoms with E-state index in [0.717, 1.165) is 11.3 Å². The lowest BCUT2D eigenvalue weighted by molar-refractivity contribution is -0.132. The van der Waals surface area contributed by atoms with Gasteiger partial charge in [0, 0.05) is 5.56 Å². The number of carbonyl (C=O) groups is 2. The maximum atomic E-state index is 14.0. The summed E-state index contributed by atoms with van der Waals surface area (Å²) in [5.74, 6) is -0.562. The number of halogens is 1. The van der Waals surface area contributed by atoms with Gasteiger partial charge in [-0.2, -0.15) is 0 Å². The Morgan fingerprint density at radius 2 is 1.69 bits per heavy atom. The lowest BCUT2D eigenvalue weighted by atomic mass is 9.95. The second-order valence-corrected chi connectivity index (χ2v) is 10.6. The van der Waals surface area contributed by atoms with Crippen molar-refractivity contribution in [3.05, 3.63) is 114 Å². The average molecular weight is 581 g/mol. The molecule has 1 N–H and O–H groups in total. The highest BCUT2D eigenvalue weighted by atomic mass is 32.1. The smallest absolute Gasteiger partial charge is 0.301 e. The maximum absolute atomic E-state index is 14.0. The first kappa shape index (κ1) is 25.7. The molecule has 7 rings (SSSR count). The molecule has 2 aliphatic heterocycles. The first-order chi connectivity index (χ1) is 20.5. The van der Waals surface area contributed by atoms with Crippen LogP contribution >= 0.6 is 11.3 Å². The highest BCUT2D eigenvalue weighted by Gasteiger charge is 2.48. The monoisotopic (exact) mass is 580 g/mol. The van der Waals surface area contributed by atoms with Gasteiger partial charge in [0.2, 0.25) is 0 Å². The number of hydrogen-bond acceptors (Lipinski definition) is 8.